The number of carbonyl (C=O) groups is 1. The second kappa shape index (κ2) is 6.64. The highest BCUT2D eigenvalue weighted by Crippen LogP contribution is 2.20. The second-order valence-corrected chi connectivity index (χ2v) is 5.47. The van der Waals surface area contributed by atoms with E-state index in [-0.39, 0.29) is 0 Å². The highest BCUT2D eigenvalue weighted by Gasteiger charge is 2.21. The van der Waals surface area contributed by atoms with Gasteiger partial charge in [-0.15, -0.1) is 0 Å². The molecule has 2 rings (SSSR count). The summed E-state index contributed by atoms with van der Waals surface area (Å²) in [6.45, 7) is 3.85. The number of hydrogen-bond donors (Lipinski definition) is 1. The Balaban J connectivity index is 2.18. The normalized spacial score (nSPS) is 12.0. The van der Waals surface area contributed by atoms with Crippen LogP contribution in [0.4, 0.5) is 0 Å². The zero-order valence-electron chi connectivity index (χ0n) is 12.0. The number of rotatable bonds is 5. The van der Waals surface area contributed by atoms with E-state index in [1.807, 2.05) is 44.2 Å². The minimum absolute atomic E-state index is 0.298. The van der Waals surface area contributed by atoms with Crippen molar-refractivity contribution < 1.29 is 14.6 Å². The van der Waals surface area contributed by atoms with Crippen molar-refractivity contribution >= 4 is 17.6 Å². The van der Waals surface area contributed by atoms with Crippen molar-refractivity contribution in [1.82, 2.24) is 0 Å². The van der Waals surface area contributed by atoms with Crippen molar-refractivity contribution in [2.75, 3.05) is 0 Å². The van der Waals surface area contributed by atoms with Crippen molar-refractivity contribution in [3.05, 3.63) is 64.2 Å². The monoisotopic (exact) mass is 304 g/mol. The van der Waals surface area contributed by atoms with Crippen LogP contribution < -0.4 is 4.74 Å². The van der Waals surface area contributed by atoms with Crippen molar-refractivity contribution in [3.8, 4) is 5.75 Å². The van der Waals surface area contributed by atoms with Crippen LogP contribution in [-0.2, 0) is 11.2 Å². The fourth-order valence-corrected chi connectivity index (χ4v) is 2.35. The van der Waals surface area contributed by atoms with Crippen molar-refractivity contribution in [1.29, 1.82) is 0 Å². The van der Waals surface area contributed by atoms with Crippen molar-refractivity contribution in [2.45, 2.75) is 26.4 Å². The molecule has 0 saturated heterocycles. The van der Waals surface area contributed by atoms with Gasteiger partial charge in [-0.1, -0.05) is 29.8 Å². The van der Waals surface area contributed by atoms with Gasteiger partial charge in [-0.2, -0.15) is 0 Å². The number of benzene rings is 2. The first-order chi connectivity index (χ1) is 9.95. The molecule has 4 heteroatoms. The lowest BCUT2D eigenvalue weighted by Crippen LogP contribution is -2.29. The minimum atomic E-state index is -0.981. The van der Waals surface area contributed by atoms with Crippen LogP contribution in [0.3, 0.4) is 0 Å². The third-order valence-corrected chi connectivity index (χ3v) is 3.49. The Kier molecular flexibility index (Phi) is 4.86. The van der Waals surface area contributed by atoms with Crippen LogP contribution in [0.1, 0.15) is 16.7 Å². The molecular formula is C17H17ClO3. The van der Waals surface area contributed by atoms with Crippen LogP contribution in [-0.4, -0.2) is 17.2 Å². The predicted octanol–water partition coefficient (Wildman–Crippen LogP) is 4.03. The zero-order chi connectivity index (χ0) is 15.4. The van der Waals surface area contributed by atoms with E-state index in [1.54, 1.807) is 12.1 Å². The Morgan fingerprint density at radius 1 is 1.24 bits per heavy atom. The van der Waals surface area contributed by atoms with Gasteiger partial charge in [-0.05, 0) is 54.8 Å². The molecule has 3 nitrogen and oxygen atoms in total. The highest BCUT2D eigenvalue weighted by molar-refractivity contribution is 6.30. The summed E-state index contributed by atoms with van der Waals surface area (Å²) in [7, 11) is 0. The van der Waals surface area contributed by atoms with Crippen LogP contribution >= 0.6 is 11.6 Å². The average Bonchev–Trinajstić information content (AvgIpc) is 2.40. The number of hydrogen-bond acceptors (Lipinski definition) is 2. The topological polar surface area (TPSA) is 46.5 Å². The standard InChI is InChI=1S/C17H17ClO3/c1-11-4-3-5-15(8-11)21-16(17(19)20)10-13-6-7-14(18)9-12(13)2/h3-9,16H,10H2,1-2H3,(H,19,20)/t16-/m0/s1. The summed E-state index contributed by atoms with van der Waals surface area (Å²) < 4.78 is 5.61. The number of halogens is 1. The predicted molar refractivity (Wildman–Crippen MR) is 83.1 cm³/mol. The molecule has 2 aromatic carbocycles. The first-order valence-corrected chi connectivity index (χ1v) is 7.04. The number of aryl methyl sites for hydroxylation is 2. The van der Waals surface area contributed by atoms with E-state index in [4.69, 9.17) is 16.3 Å². The molecule has 2 aromatic rings. The first-order valence-electron chi connectivity index (χ1n) is 6.67. The van der Waals surface area contributed by atoms with E-state index in [2.05, 4.69) is 0 Å². The number of carboxylic acids is 1. The van der Waals surface area contributed by atoms with E-state index >= 15 is 0 Å². The third-order valence-electron chi connectivity index (χ3n) is 3.25. The molecule has 0 fully saturated rings. The molecule has 0 aliphatic rings. The molecule has 0 aliphatic carbocycles. The van der Waals surface area contributed by atoms with Gasteiger partial charge >= 0.3 is 5.97 Å². The quantitative estimate of drug-likeness (QED) is 0.907. The molecule has 0 unspecified atom stereocenters. The smallest absolute Gasteiger partial charge is 0.345 e. The Hall–Kier alpha value is -2.00. The Labute approximate surface area is 129 Å². The molecule has 0 amide bonds. The Bertz CT molecular complexity index is 652. The van der Waals surface area contributed by atoms with E-state index in [1.165, 1.54) is 0 Å². The number of carboxylic acid groups (broad SMARTS) is 1. The van der Waals surface area contributed by atoms with E-state index in [0.717, 1.165) is 16.7 Å². The van der Waals surface area contributed by atoms with E-state index in [0.29, 0.717) is 17.2 Å². The molecule has 110 valence electrons. The van der Waals surface area contributed by atoms with Gasteiger partial charge in [-0.3, -0.25) is 0 Å². The van der Waals surface area contributed by atoms with Crippen LogP contribution in [0.5, 0.6) is 5.75 Å². The van der Waals surface area contributed by atoms with Gasteiger partial charge in [0, 0.05) is 11.4 Å². The molecule has 0 aliphatic heterocycles. The van der Waals surface area contributed by atoms with Gasteiger partial charge < -0.3 is 9.84 Å². The summed E-state index contributed by atoms with van der Waals surface area (Å²) in [6.07, 6.45) is -0.626. The molecular weight excluding hydrogens is 288 g/mol. The van der Waals surface area contributed by atoms with Crippen LogP contribution in [0.15, 0.2) is 42.5 Å². The Morgan fingerprint density at radius 3 is 2.62 bits per heavy atom. The molecule has 0 heterocycles. The van der Waals surface area contributed by atoms with Crippen LogP contribution in [0.2, 0.25) is 5.02 Å². The van der Waals surface area contributed by atoms with Gasteiger partial charge in [0.15, 0.2) is 6.10 Å². The number of ether oxygens (including phenoxy) is 1. The first kappa shape index (κ1) is 15.4. The molecule has 0 saturated carbocycles. The summed E-state index contributed by atoms with van der Waals surface area (Å²) in [6, 6.07) is 12.8. The minimum Gasteiger partial charge on any atom is -0.478 e. The fourth-order valence-electron chi connectivity index (χ4n) is 2.12. The van der Waals surface area contributed by atoms with E-state index < -0.39 is 12.1 Å². The summed E-state index contributed by atoms with van der Waals surface area (Å²) >= 11 is 5.92. The average molecular weight is 305 g/mol. The molecule has 0 bridgehead atoms. The van der Waals surface area contributed by atoms with E-state index in [9.17, 15) is 9.90 Å². The molecule has 0 aromatic heterocycles. The summed E-state index contributed by atoms with van der Waals surface area (Å²) in [4.78, 5) is 11.4. The molecule has 0 spiro atoms. The third kappa shape index (κ3) is 4.23. The SMILES string of the molecule is Cc1cccc(O[C@@H](Cc2ccc(Cl)cc2C)C(=O)O)c1. The lowest BCUT2D eigenvalue weighted by atomic mass is 10.0. The molecule has 1 atom stereocenters. The maximum Gasteiger partial charge on any atom is 0.345 e. The Morgan fingerprint density at radius 2 is 2.00 bits per heavy atom. The summed E-state index contributed by atoms with van der Waals surface area (Å²) in [5, 5.41) is 10.0. The van der Waals surface area contributed by atoms with Crippen molar-refractivity contribution in [2.24, 2.45) is 0 Å². The molecule has 0 radical (unpaired) electrons. The zero-order valence-corrected chi connectivity index (χ0v) is 12.7. The van der Waals surface area contributed by atoms with Gasteiger partial charge in [0.05, 0.1) is 0 Å². The van der Waals surface area contributed by atoms with Crippen LogP contribution in [0.25, 0.3) is 0 Å². The highest BCUT2D eigenvalue weighted by atomic mass is 35.5. The summed E-state index contributed by atoms with van der Waals surface area (Å²) in [5.41, 5.74) is 2.90. The van der Waals surface area contributed by atoms with Crippen LogP contribution in [0, 0.1) is 13.8 Å². The van der Waals surface area contributed by atoms with Gasteiger partial charge in [-0.25, -0.2) is 4.79 Å². The molecule has 21 heavy (non-hydrogen) atoms. The molecule has 1 N–H and O–H groups in total. The lowest BCUT2D eigenvalue weighted by molar-refractivity contribution is -0.145. The maximum atomic E-state index is 11.4. The van der Waals surface area contributed by atoms with Gasteiger partial charge in [0.25, 0.3) is 0 Å². The maximum absolute atomic E-state index is 11.4. The van der Waals surface area contributed by atoms with Crippen molar-refractivity contribution in [3.63, 3.8) is 0 Å². The summed E-state index contributed by atoms with van der Waals surface area (Å²) in [5.74, 6) is -0.417. The largest absolute Gasteiger partial charge is 0.478 e. The van der Waals surface area contributed by atoms with Gasteiger partial charge in [0.2, 0.25) is 0 Å². The van der Waals surface area contributed by atoms with Gasteiger partial charge in [0.1, 0.15) is 5.75 Å². The fraction of sp³-hybridized carbons (Fsp3) is 0.235. The second-order valence-electron chi connectivity index (χ2n) is 5.04. The lowest BCUT2D eigenvalue weighted by Gasteiger charge is -2.17. The number of aliphatic carboxylic acids is 1.